The highest BCUT2D eigenvalue weighted by Crippen LogP contribution is 2.28. The van der Waals surface area contributed by atoms with Crippen LogP contribution in [-0.2, 0) is 13.1 Å². The monoisotopic (exact) mass is 387 g/mol. The van der Waals surface area contributed by atoms with Crippen molar-refractivity contribution < 1.29 is 4.79 Å². The Morgan fingerprint density at radius 2 is 1.82 bits per heavy atom. The first-order valence-corrected chi connectivity index (χ1v) is 9.58. The molecule has 4 nitrogen and oxygen atoms in total. The van der Waals surface area contributed by atoms with Crippen molar-refractivity contribution in [2.75, 3.05) is 0 Å². The maximum Gasteiger partial charge on any atom is 0.273 e. The molecule has 5 heteroatoms. The Hall–Kier alpha value is -3.11. The summed E-state index contributed by atoms with van der Waals surface area (Å²) in [6.45, 7) is 3.20. The van der Waals surface area contributed by atoms with E-state index in [1.54, 1.807) is 16.7 Å². The lowest BCUT2D eigenvalue weighted by Crippen LogP contribution is -2.24. The van der Waals surface area contributed by atoms with Gasteiger partial charge in [0, 0.05) is 12.7 Å². The molecular weight excluding hydrogens is 370 g/mol. The predicted octanol–water partition coefficient (Wildman–Crippen LogP) is 5.12. The number of carbonyl (C=O) groups excluding carboxylic acids is 1. The summed E-state index contributed by atoms with van der Waals surface area (Å²) in [7, 11) is 0. The summed E-state index contributed by atoms with van der Waals surface area (Å²) in [4.78, 5) is 19.4. The van der Waals surface area contributed by atoms with E-state index in [4.69, 9.17) is 11.6 Å². The van der Waals surface area contributed by atoms with Gasteiger partial charge in [-0.25, -0.2) is 4.98 Å². The third kappa shape index (κ3) is 2.77. The van der Waals surface area contributed by atoms with Crippen LogP contribution in [0.5, 0.6) is 0 Å². The highest BCUT2D eigenvalue weighted by atomic mass is 35.5. The van der Waals surface area contributed by atoms with Gasteiger partial charge in [-0.15, -0.1) is 0 Å². The molecule has 3 heterocycles. The van der Waals surface area contributed by atoms with Gasteiger partial charge >= 0.3 is 0 Å². The van der Waals surface area contributed by atoms with Crippen LogP contribution in [0.1, 0.15) is 27.3 Å². The van der Waals surface area contributed by atoms with Crippen molar-refractivity contribution in [3.05, 3.63) is 94.4 Å². The third-order valence-electron chi connectivity index (χ3n) is 5.27. The smallest absolute Gasteiger partial charge is 0.273 e. The van der Waals surface area contributed by atoms with Crippen molar-refractivity contribution in [2.24, 2.45) is 0 Å². The summed E-state index contributed by atoms with van der Waals surface area (Å²) >= 11 is 6.09. The standard InChI is InChI=1S/C23H18ClN3O/c1-15-4-2-3-5-19(15)17-8-6-16(7-9-17)12-26-14-20-22(23(26)28)27-13-18(24)10-11-21(27)25-20/h2-11,13H,12,14H2,1H3. The summed E-state index contributed by atoms with van der Waals surface area (Å²) in [5.74, 6) is -0.00672. The molecule has 0 fully saturated rings. The molecule has 0 saturated carbocycles. The number of hydrogen-bond acceptors (Lipinski definition) is 2. The van der Waals surface area contributed by atoms with Crippen LogP contribution in [0, 0.1) is 6.92 Å². The number of amides is 1. The summed E-state index contributed by atoms with van der Waals surface area (Å²) in [5.41, 5.74) is 6.95. The SMILES string of the molecule is Cc1ccccc1-c1ccc(CN2Cc3nc4ccc(Cl)cn4c3C2=O)cc1. The van der Waals surface area contributed by atoms with E-state index in [2.05, 4.69) is 54.4 Å². The molecule has 0 saturated heterocycles. The summed E-state index contributed by atoms with van der Waals surface area (Å²) in [6, 6.07) is 20.4. The lowest BCUT2D eigenvalue weighted by atomic mass is 9.99. The second kappa shape index (κ2) is 6.50. The average Bonchev–Trinajstić information content (AvgIpc) is 3.19. The molecule has 0 spiro atoms. The van der Waals surface area contributed by atoms with E-state index in [0.717, 1.165) is 16.9 Å². The summed E-state index contributed by atoms with van der Waals surface area (Å²) < 4.78 is 1.79. The topological polar surface area (TPSA) is 37.6 Å². The van der Waals surface area contributed by atoms with Crippen molar-refractivity contribution in [1.82, 2.24) is 14.3 Å². The Bertz CT molecular complexity index is 1210. The van der Waals surface area contributed by atoms with Crippen molar-refractivity contribution >= 4 is 23.2 Å². The van der Waals surface area contributed by atoms with Gasteiger partial charge in [0.15, 0.2) is 0 Å². The quantitative estimate of drug-likeness (QED) is 0.489. The summed E-state index contributed by atoms with van der Waals surface area (Å²) in [5, 5.41) is 0.589. The fourth-order valence-electron chi connectivity index (χ4n) is 3.84. The predicted molar refractivity (Wildman–Crippen MR) is 110 cm³/mol. The zero-order chi connectivity index (χ0) is 19.3. The maximum atomic E-state index is 12.9. The Labute approximate surface area is 168 Å². The van der Waals surface area contributed by atoms with E-state index in [1.807, 2.05) is 17.0 Å². The second-order valence-electron chi connectivity index (χ2n) is 7.16. The number of aryl methyl sites for hydroxylation is 1. The van der Waals surface area contributed by atoms with Crippen LogP contribution in [-0.4, -0.2) is 20.2 Å². The number of benzene rings is 2. The number of aromatic nitrogens is 2. The van der Waals surface area contributed by atoms with Crippen LogP contribution in [0.4, 0.5) is 0 Å². The molecule has 2 aromatic carbocycles. The molecular formula is C23H18ClN3O. The summed E-state index contributed by atoms with van der Waals surface area (Å²) in [6.07, 6.45) is 1.75. The van der Waals surface area contributed by atoms with Crippen LogP contribution in [0.3, 0.4) is 0 Å². The molecule has 0 atom stereocenters. The van der Waals surface area contributed by atoms with Gasteiger partial charge in [-0.3, -0.25) is 9.20 Å². The Morgan fingerprint density at radius 3 is 2.61 bits per heavy atom. The number of halogens is 1. The molecule has 0 bridgehead atoms. The minimum absolute atomic E-state index is 0.00672. The first kappa shape index (κ1) is 17.0. The number of rotatable bonds is 3. The molecule has 1 aliphatic rings. The van der Waals surface area contributed by atoms with Gasteiger partial charge in [0.25, 0.3) is 5.91 Å². The largest absolute Gasteiger partial charge is 0.327 e. The first-order valence-electron chi connectivity index (χ1n) is 9.21. The third-order valence-corrected chi connectivity index (χ3v) is 5.49. The molecule has 2 aromatic heterocycles. The lowest BCUT2D eigenvalue weighted by molar-refractivity contribution is 0.0760. The minimum Gasteiger partial charge on any atom is -0.327 e. The lowest BCUT2D eigenvalue weighted by Gasteiger charge is -2.16. The molecule has 0 aliphatic carbocycles. The molecule has 0 radical (unpaired) electrons. The molecule has 4 aromatic rings. The maximum absolute atomic E-state index is 12.9. The van der Waals surface area contributed by atoms with Crippen molar-refractivity contribution in [2.45, 2.75) is 20.0 Å². The van der Waals surface area contributed by atoms with Crippen LogP contribution >= 0.6 is 11.6 Å². The fourth-order valence-corrected chi connectivity index (χ4v) is 4.00. The number of carbonyl (C=O) groups is 1. The van der Waals surface area contributed by atoms with E-state index in [1.165, 1.54) is 16.7 Å². The van der Waals surface area contributed by atoms with Gasteiger partial charge in [-0.05, 0) is 41.3 Å². The van der Waals surface area contributed by atoms with Crippen LogP contribution in [0.15, 0.2) is 66.9 Å². The van der Waals surface area contributed by atoms with Crippen molar-refractivity contribution in [3.63, 3.8) is 0 Å². The van der Waals surface area contributed by atoms with E-state index < -0.39 is 0 Å². The van der Waals surface area contributed by atoms with Crippen LogP contribution in [0.2, 0.25) is 5.02 Å². The normalized spacial score (nSPS) is 13.4. The van der Waals surface area contributed by atoms with Gasteiger partial charge in [-0.1, -0.05) is 60.1 Å². The van der Waals surface area contributed by atoms with Crippen molar-refractivity contribution in [1.29, 1.82) is 0 Å². The number of imidazole rings is 1. The number of fused-ring (bicyclic) bond motifs is 3. The highest BCUT2D eigenvalue weighted by Gasteiger charge is 2.32. The Morgan fingerprint density at radius 1 is 1.04 bits per heavy atom. The second-order valence-corrected chi connectivity index (χ2v) is 7.59. The highest BCUT2D eigenvalue weighted by molar-refractivity contribution is 6.30. The van der Waals surface area contributed by atoms with Crippen molar-refractivity contribution in [3.8, 4) is 11.1 Å². The first-order chi connectivity index (χ1) is 13.6. The molecule has 1 aliphatic heterocycles. The number of hydrogen-bond donors (Lipinski definition) is 0. The molecule has 0 unspecified atom stereocenters. The zero-order valence-corrected chi connectivity index (χ0v) is 16.1. The zero-order valence-electron chi connectivity index (χ0n) is 15.4. The molecule has 28 heavy (non-hydrogen) atoms. The van der Waals surface area contributed by atoms with Gasteiger partial charge in [0.05, 0.1) is 17.3 Å². The van der Waals surface area contributed by atoms with Gasteiger partial charge in [0.2, 0.25) is 0 Å². The van der Waals surface area contributed by atoms with E-state index >= 15 is 0 Å². The minimum atomic E-state index is -0.00672. The van der Waals surface area contributed by atoms with E-state index in [9.17, 15) is 4.79 Å². The number of nitrogens with zero attached hydrogens (tertiary/aromatic N) is 3. The van der Waals surface area contributed by atoms with Crippen LogP contribution in [0.25, 0.3) is 16.8 Å². The molecule has 5 rings (SSSR count). The van der Waals surface area contributed by atoms with E-state index in [-0.39, 0.29) is 5.91 Å². The van der Waals surface area contributed by atoms with Gasteiger partial charge in [-0.2, -0.15) is 0 Å². The Balaban J connectivity index is 1.39. The Kier molecular flexibility index (Phi) is 3.95. The molecule has 0 N–H and O–H groups in total. The molecule has 138 valence electrons. The molecule has 1 amide bonds. The van der Waals surface area contributed by atoms with Crippen LogP contribution < -0.4 is 0 Å². The fraction of sp³-hybridized carbons (Fsp3) is 0.130. The van der Waals surface area contributed by atoms with Gasteiger partial charge < -0.3 is 4.90 Å². The number of pyridine rings is 1. The average molecular weight is 388 g/mol. The van der Waals surface area contributed by atoms with Gasteiger partial charge in [0.1, 0.15) is 11.3 Å². The van der Waals surface area contributed by atoms with E-state index in [0.29, 0.717) is 23.8 Å².